The number of benzene rings is 3. The molecule has 3 aromatic carbocycles. The van der Waals surface area contributed by atoms with Gasteiger partial charge in [0.1, 0.15) is 28.7 Å². The van der Waals surface area contributed by atoms with Crippen molar-refractivity contribution in [1.29, 1.82) is 0 Å². The summed E-state index contributed by atoms with van der Waals surface area (Å²) in [5.74, 6) is 4.49. The van der Waals surface area contributed by atoms with Crippen LogP contribution in [-0.2, 0) is 0 Å². The highest BCUT2D eigenvalue weighted by Crippen LogP contribution is 2.58. The third kappa shape index (κ3) is 3.72. The molecule has 32 heavy (non-hydrogen) atoms. The molecule has 5 heteroatoms. The first-order valence-corrected chi connectivity index (χ1v) is 10.7. The van der Waals surface area contributed by atoms with Crippen LogP contribution in [-0.4, -0.2) is 35.5 Å². The second kappa shape index (κ2) is 9.03. The van der Waals surface area contributed by atoms with Crippen LogP contribution in [0.25, 0.3) is 0 Å². The van der Waals surface area contributed by atoms with Crippen LogP contribution in [0.2, 0.25) is 0 Å². The first-order valence-electron chi connectivity index (χ1n) is 10.7. The van der Waals surface area contributed by atoms with Crippen LogP contribution in [0, 0.1) is 0 Å². The van der Waals surface area contributed by atoms with E-state index in [1.54, 1.807) is 35.5 Å². The fourth-order valence-electron chi connectivity index (χ4n) is 4.97. The number of fused-ring (bicyclic) bond motifs is 1. The monoisotopic (exact) mass is 434 g/mol. The summed E-state index contributed by atoms with van der Waals surface area (Å²) in [6.07, 6.45) is 0. The van der Waals surface area contributed by atoms with Crippen LogP contribution in [0.4, 0.5) is 0 Å². The van der Waals surface area contributed by atoms with E-state index in [-0.39, 0.29) is 17.8 Å². The van der Waals surface area contributed by atoms with Gasteiger partial charge in [0.25, 0.3) is 0 Å². The standard InChI is InChI=1S/C27H30O5/c1-16-23-14-22(31-5)15-24(32-6)27(23)26(17-7-9-19(28-2)10-8-17)25(16)18-11-20(29-3)13-21(12-18)30-4/h7-16,25-26H,1-6H3/t16-,25?,26-/m1/s1. The van der Waals surface area contributed by atoms with Gasteiger partial charge in [0.2, 0.25) is 0 Å². The zero-order chi connectivity index (χ0) is 22.8. The molecule has 0 N–H and O–H groups in total. The third-order valence-electron chi connectivity index (χ3n) is 6.54. The van der Waals surface area contributed by atoms with Crippen LogP contribution in [0.15, 0.2) is 54.6 Å². The molecule has 4 rings (SSSR count). The van der Waals surface area contributed by atoms with E-state index in [0.29, 0.717) is 0 Å². The van der Waals surface area contributed by atoms with E-state index < -0.39 is 0 Å². The van der Waals surface area contributed by atoms with Gasteiger partial charge < -0.3 is 23.7 Å². The van der Waals surface area contributed by atoms with E-state index in [0.717, 1.165) is 34.3 Å². The average Bonchev–Trinajstić information content (AvgIpc) is 3.15. The lowest BCUT2D eigenvalue weighted by atomic mass is 9.78. The van der Waals surface area contributed by atoms with Crippen molar-refractivity contribution in [2.45, 2.75) is 24.7 Å². The Morgan fingerprint density at radius 2 is 1.12 bits per heavy atom. The van der Waals surface area contributed by atoms with Crippen molar-refractivity contribution in [2.75, 3.05) is 35.5 Å². The SMILES string of the molecule is COc1ccc([C@H]2c3c(OC)cc(OC)cc3[C@@H](C)C2c2cc(OC)cc(OC)c2)cc1. The van der Waals surface area contributed by atoms with Crippen LogP contribution in [0.3, 0.4) is 0 Å². The van der Waals surface area contributed by atoms with Crippen LogP contribution < -0.4 is 23.7 Å². The second-order valence-corrected chi connectivity index (χ2v) is 8.04. The molecule has 3 aromatic rings. The summed E-state index contributed by atoms with van der Waals surface area (Å²) in [5, 5.41) is 0. The van der Waals surface area contributed by atoms with E-state index in [9.17, 15) is 0 Å². The summed E-state index contributed by atoms with van der Waals surface area (Å²) in [6, 6.07) is 18.5. The lowest BCUT2D eigenvalue weighted by molar-refractivity contribution is 0.389. The van der Waals surface area contributed by atoms with E-state index in [2.05, 4.69) is 37.3 Å². The van der Waals surface area contributed by atoms with Gasteiger partial charge in [0.15, 0.2) is 0 Å². The van der Waals surface area contributed by atoms with Gasteiger partial charge in [-0.15, -0.1) is 0 Å². The largest absolute Gasteiger partial charge is 0.497 e. The predicted octanol–water partition coefficient (Wildman–Crippen LogP) is 5.76. The molecule has 0 heterocycles. The lowest BCUT2D eigenvalue weighted by Crippen LogP contribution is -2.11. The molecule has 0 fully saturated rings. The van der Waals surface area contributed by atoms with Gasteiger partial charge in [0, 0.05) is 29.5 Å². The highest BCUT2D eigenvalue weighted by atomic mass is 16.5. The molecule has 0 spiro atoms. The van der Waals surface area contributed by atoms with Gasteiger partial charge in [-0.2, -0.15) is 0 Å². The Labute approximate surface area is 189 Å². The normalized spacial score (nSPS) is 19.2. The van der Waals surface area contributed by atoms with Gasteiger partial charge in [-0.3, -0.25) is 0 Å². The fourth-order valence-corrected chi connectivity index (χ4v) is 4.97. The van der Waals surface area contributed by atoms with Crippen molar-refractivity contribution in [3.8, 4) is 28.7 Å². The Balaban J connectivity index is 1.95. The minimum absolute atomic E-state index is 0.0866. The number of ether oxygens (including phenoxy) is 5. The summed E-state index contributed by atoms with van der Waals surface area (Å²) in [4.78, 5) is 0. The van der Waals surface area contributed by atoms with E-state index >= 15 is 0 Å². The maximum atomic E-state index is 5.86. The molecule has 5 nitrogen and oxygen atoms in total. The Morgan fingerprint density at radius 3 is 1.66 bits per heavy atom. The zero-order valence-electron chi connectivity index (χ0n) is 19.5. The predicted molar refractivity (Wildman–Crippen MR) is 125 cm³/mol. The number of rotatable bonds is 7. The Morgan fingerprint density at radius 1 is 0.562 bits per heavy atom. The molecule has 0 aliphatic heterocycles. The van der Waals surface area contributed by atoms with Gasteiger partial charge in [-0.25, -0.2) is 0 Å². The van der Waals surface area contributed by atoms with Crippen LogP contribution in [0.1, 0.15) is 46.9 Å². The van der Waals surface area contributed by atoms with Crippen molar-refractivity contribution in [3.63, 3.8) is 0 Å². The maximum Gasteiger partial charge on any atom is 0.126 e. The first-order chi connectivity index (χ1) is 15.5. The van der Waals surface area contributed by atoms with Gasteiger partial charge in [-0.1, -0.05) is 19.1 Å². The van der Waals surface area contributed by atoms with E-state index in [1.165, 1.54) is 16.7 Å². The van der Waals surface area contributed by atoms with Crippen molar-refractivity contribution in [2.24, 2.45) is 0 Å². The molecule has 3 atom stereocenters. The summed E-state index contributed by atoms with van der Waals surface area (Å²) in [6.45, 7) is 2.26. The smallest absolute Gasteiger partial charge is 0.126 e. The van der Waals surface area contributed by atoms with E-state index in [4.69, 9.17) is 23.7 Å². The molecule has 0 saturated carbocycles. The van der Waals surface area contributed by atoms with Crippen LogP contribution >= 0.6 is 0 Å². The number of hydrogen-bond donors (Lipinski definition) is 0. The highest BCUT2D eigenvalue weighted by molar-refractivity contribution is 5.60. The molecular weight excluding hydrogens is 404 g/mol. The topological polar surface area (TPSA) is 46.2 Å². The van der Waals surface area contributed by atoms with Crippen molar-refractivity contribution < 1.29 is 23.7 Å². The minimum Gasteiger partial charge on any atom is -0.497 e. The summed E-state index contributed by atoms with van der Waals surface area (Å²) >= 11 is 0. The number of methoxy groups -OCH3 is 5. The molecule has 0 aromatic heterocycles. The molecule has 0 saturated heterocycles. The van der Waals surface area contributed by atoms with Gasteiger partial charge in [-0.05, 0) is 52.9 Å². The highest BCUT2D eigenvalue weighted by Gasteiger charge is 2.43. The maximum absolute atomic E-state index is 5.86. The quantitative estimate of drug-likeness (QED) is 0.473. The Kier molecular flexibility index (Phi) is 6.17. The molecule has 0 bridgehead atoms. The van der Waals surface area contributed by atoms with Gasteiger partial charge in [0.05, 0.1) is 35.5 Å². The van der Waals surface area contributed by atoms with E-state index in [1.807, 2.05) is 24.3 Å². The average molecular weight is 435 g/mol. The zero-order valence-corrected chi connectivity index (χ0v) is 19.5. The lowest BCUT2D eigenvalue weighted by Gasteiger charge is -2.26. The summed E-state index contributed by atoms with van der Waals surface area (Å²) in [5.41, 5.74) is 4.78. The first kappa shape index (κ1) is 21.9. The summed E-state index contributed by atoms with van der Waals surface area (Å²) < 4.78 is 28.0. The summed E-state index contributed by atoms with van der Waals surface area (Å²) in [7, 11) is 8.45. The van der Waals surface area contributed by atoms with Gasteiger partial charge >= 0.3 is 0 Å². The van der Waals surface area contributed by atoms with Crippen molar-refractivity contribution in [3.05, 3.63) is 76.9 Å². The molecule has 168 valence electrons. The minimum atomic E-state index is 0.0866. The molecule has 0 radical (unpaired) electrons. The molecule has 1 aliphatic rings. The second-order valence-electron chi connectivity index (χ2n) is 8.04. The van der Waals surface area contributed by atoms with Crippen LogP contribution in [0.5, 0.6) is 28.7 Å². The molecule has 1 aliphatic carbocycles. The third-order valence-corrected chi connectivity index (χ3v) is 6.54. The van der Waals surface area contributed by atoms with Crippen molar-refractivity contribution >= 4 is 0 Å². The molecule has 1 unspecified atom stereocenters. The Bertz CT molecular complexity index is 1070. The fraction of sp³-hybridized carbons (Fsp3) is 0.333. The molecule has 0 amide bonds. The Hall–Kier alpha value is -3.34. The number of hydrogen-bond acceptors (Lipinski definition) is 5. The molecular formula is C27H30O5. The van der Waals surface area contributed by atoms with Crippen molar-refractivity contribution in [1.82, 2.24) is 0 Å².